The number of thiazole rings is 1. The van der Waals surface area contributed by atoms with Crippen molar-refractivity contribution in [1.82, 2.24) is 25.0 Å². The standard InChI is InChI=1S/C32H37FN6O5S/c1-3-44-29(40)25-23(35-27(28-34-9-12-45-28)36-26(25)21-5-4-6-22(33)18(21)2)17-37-10-11-38-20(15-37)16-39(31(38)43)24-13-19-7-8-32(24,14-19)30(41)42/h4-6,9,12,19-20,24,26H,3,7-8,10-11,13-17H2,1-2H3,(H,35,36)(H,41,42)/t19?,20-,24?,26-,32?/m0/s1. The van der Waals surface area contributed by atoms with Crippen molar-refractivity contribution in [2.45, 2.75) is 57.7 Å². The molecule has 2 aromatic rings. The molecule has 2 saturated heterocycles. The Hall–Kier alpha value is -3.84. The summed E-state index contributed by atoms with van der Waals surface area (Å²) in [5.74, 6) is -0.825. The van der Waals surface area contributed by atoms with Crippen LogP contribution in [0.1, 0.15) is 54.8 Å². The van der Waals surface area contributed by atoms with Gasteiger partial charge in [-0.3, -0.25) is 14.7 Å². The number of nitrogens with one attached hydrogen (secondary N) is 1. The maximum absolute atomic E-state index is 14.8. The molecule has 3 aliphatic heterocycles. The van der Waals surface area contributed by atoms with Crippen LogP contribution in [0.5, 0.6) is 0 Å². The number of fused-ring (bicyclic) bond motifs is 3. The van der Waals surface area contributed by atoms with Gasteiger partial charge in [0.15, 0.2) is 10.8 Å². The van der Waals surface area contributed by atoms with E-state index in [2.05, 4.69) is 15.2 Å². The topological polar surface area (TPSA) is 128 Å². The molecule has 13 heteroatoms. The van der Waals surface area contributed by atoms with E-state index in [4.69, 9.17) is 9.73 Å². The summed E-state index contributed by atoms with van der Waals surface area (Å²) in [6.07, 6.45) is 4.63. The van der Waals surface area contributed by atoms with Gasteiger partial charge in [0.05, 0.1) is 23.6 Å². The number of aromatic nitrogens is 1. The van der Waals surface area contributed by atoms with Crippen molar-refractivity contribution in [3.8, 4) is 0 Å². The average Bonchev–Trinajstić information content (AvgIpc) is 3.83. The number of halogens is 1. The fourth-order valence-corrected chi connectivity index (χ4v) is 8.77. The highest BCUT2D eigenvalue weighted by Gasteiger charge is 2.61. The predicted molar refractivity (Wildman–Crippen MR) is 164 cm³/mol. The lowest BCUT2D eigenvalue weighted by Gasteiger charge is -2.38. The number of esters is 1. The summed E-state index contributed by atoms with van der Waals surface area (Å²) in [7, 11) is 0. The van der Waals surface area contributed by atoms with Crippen LogP contribution in [0, 0.1) is 24.1 Å². The number of hydrogen-bond donors (Lipinski definition) is 2. The largest absolute Gasteiger partial charge is 0.481 e. The molecular formula is C32H37FN6O5S. The van der Waals surface area contributed by atoms with Crippen LogP contribution in [-0.2, 0) is 14.3 Å². The minimum atomic E-state index is -0.838. The lowest BCUT2D eigenvalue weighted by Crippen LogP contribution is -2.53. The average molecular weight is 637 g/mol. The molecular weight excluding hydrogens is 599 g/mol. The molecule has 1 aromatic heterocycles. The zero-order valence-electron chi connectivity index (χ0n) is 25.4. The first-order valence-corrected chi connectivity index (χ1v) is 16.5. The summed E-state index contributed by atoms with van der Waals surface area (Å²) in [5, 5.41) is 16.0. The van der Waals surface area contributed by atoms with Crippen molar-refractivity contribution in [1.29, 1.82) is 0 Å². The molecule has 238 valence electrons. The molecule has 2 N–H and O–H groups in total. The highest BCUT2D eigenvalue weighted by Crippen LogP contribution is 2.56. The monoisotopic (exact) mass is 636 g/mol. The number of carboxylic acids is 1. The number of urea groups is 1. The number of carbonyl (C=O) groups excluding carboxylic acids is 2. The summed E-state index contributed by atoms with van der Waals surface area (Å²) >= 11 is 1.41. The van der Waals surface area contributed by atoms with Gasteiger partial charge in [0, 0.05) is 56.0 Å². The predicted octanol–water partition coefficient (Wildman–Crippen LogP) is 3.56. The Morgan fingerprint density at radius 2 is 2.09 bits per heavy atom. The molecule has 2 saturated carbocycles. The first kappa shape index (κ1) is 29.8. The van der Waals surface area contributed by atoms with Gasteiger partial charge in [0.25, 0.3) is 0 Å². The lowest BCUT2D eigenvalue weighted by molar-refractivity contribution is -0.151. The quantitative estimate of drug-likeness (QED) is 0.422. The van der Waals surface area contributed by atoms with E-state index in [0.29, 0.717) is 84.7 Å². The minimum absolute atomic E-state index is 0.0696. The fraction of sp³-hybridized carbons (Fsp3) is 0.531. The molecule has 5 aliphatic rings. The zero-order chi connectivity index (χ0) is 31.5. The van der Waals surface area contributed by atoms with E-state index >= 15 is 0 Å². The van der Waals surface area contributed by atoms with Crippen molar-refractivity contribution in [3.05, 3.63) is 63.0 Å². The normalized spacial score (nSPS) is 29.6. The summed E-state index contributed by atoms with van der Waals surface area (Å²) in [6, 6.07) is 3.55. The lowest BCUT2D eigenvalue weighted by atomic mass is 9.79. The van der Waals surface area contributed by atoms with Crippen LogP contribution in [0.4, 0.5) is 9.18 Å². The third kappa shape index (κ3) is 5.00. The van der Waals surface area contributed by atoms with Crippen molar-refractivity contribution in [2.24, 2.45) is 16.3 Å². The molecule has 2 amide bonds. The van der Waals surface area contributed by atoms with Gasteiger partial charge in [0.2, 0.25) is 0 Å². The summed E-state index contributed by atoms with van der Waals surface area (Å²) in [4.78, 5) is 54.8. The van der Waals surface area contributed by atoms with E-state index < -0.39 is 23.4 Å². The van der Waals surface area contributed by atoms with Crippen LogP contribution >= 0.6 is 11.3 Å². The second kappa shape index (κ2) is 11.5. The van der Waals surface area contributed by atoms with Gasteiger partial charge in [0.1, 0.15) is 11.9 Å². The number of benzene rings is 1. The highest BCUT2D eigenvalue weighted by atomic mass is 32.1. The minimum Gasteiger partial charge on any atom is -0.481 e. The Kier molecular flexibility index (Phi) is 7.63. The van der Waals surface area contributed by atoms with Crippen molar-refractivity contribution in [2.75, 3.05) is 39.3 Å². The van der Waals surface area contributed by atoms with Crippen LogP contribution in [-0.4, -0.2) is 100 Å². The Labute approximate surface area is 264 Å². The molecule has 3 unspecified atom stereocenters. The molecule has 1 aromatic carbocycles. The van der Waals surface area contributed by atoms with E-state index in [9.17, 15) is 23.9 Å². The van der Waals surface area contributed by atoms with Gasteiger partial charge in [-0.05, 0) is 62.6 Å². The number of amides is 2. The first-order chi connectivity index (χ1) is 21.7. The number of nitrogens with zero attached hydrogens (tertiary/aromatic N) is 5. The van der Waals surface area contributed by atoms with Crippen LogP contribution in [0.15, 0.2) is 46.0 Å². The number of ether oxygens (including phenoxy) is 1. The maximum atomic E-state index is 14.8. The van der Waals surface area contributed by atoms with E-state index in [1.54, 1.807) is 32.2 Å². The summed E-state index contributed by atoms with van der Waals surface area (Å²) in [5.41, 5.74) is 1.07. The second-order valence-electron chi connectivity index (χ2n) is 12.7. The van der Waals surface area contributed by atoms with E-state index in [0.717, 1.165) is 12.8 Å². The van der Waals surface area contributed by atoms with Crippen molar-refractivity contribution >= 4 is 35.1 Å². The van der Waals surface area contributed by atoms with E-state index in [1.807, 2.05) is 15.2 Å². The fourth-order valence-electron chi connectivity index (χ4n) is 8.18. The number of carbonyl (C=O) groups is 3. The number of aliphatic carboxylic acids is 1. The zero-order valence-corrected chi connectivity index (χ0v) is 26.2. The number of carboxylic acid groups (broad SMARTS) is 1. The van der Waals surface area contributed by atoms with E-state index in [-0.39, 0.29) is 30.5 Å². The van der Waals surface area contributed by atoms with Gasteiger partial charge < -0.3 is 25.0 Å². The van der Waals surface area contributed by atoms with Gasteiger partial charge >= 0.3 is 18.0 Å². The van der Waals surface area contributed by atoms with Crippen LogP contribution in [0.3, 0.4) is 0 Å². The number of hydrogen-bond acceptors (Lipinski definition) is 9. The van der Waals surface area contributed by atoms with Crippen molar-refractivity contribution < 1.29 is 28.6 Å². The van der Waals surface area contributed by atoms with Gasteiger partial charge in [-0.1, -0.05) is 12.1 Å². The smallest absolute Gasteiger partial charge is 0.338 e. The SMILES string of the molecule is CCOC(=O)C1=C(CN2CCN3C(=O)N(C4CC5CCC4(C(=O)O)C5)C[C@@H]3C2)NC(c2nccs2)=N[C@H]1c1cccc(F)c1C. The van der Waals surface area contributed by atoms with Crippen LogP contribution in [0.25, 0.3) is 0 Å². The molecule has 4 heterocycles. The Balaban J connectivity index is 1.18. The number of aliphatic imine (C=N–C) groups is 1. The number of amidine groups is 1. The second-order valence-corrected chi connectivity index (χ2v) is 13.6. The van der Waals surface area contributed by atoms with Crippen LogP contribution in [0.2, 0.25) is 0 Å². The molecule has 7 rings (SSSR count). The molecule has 0 radical (unpaired) electrons. The summed E-state index contributed by atoms with van der Waals surface area (Å²) < 4.78 is 20.3. The highest BCUT2D eigenvalue weighted by molar-refractivity contribution is 7.11. The number of piperazine rings is 1. The molecule has 2 aliphatic carbocycles. The third-order valence-electron chi connectivity index (χ3n) is 10.4. The molecule has 11 nitrogen and oxygen atoms in total. The Bertz CT molecular complexity index is 1600. The number of rotatable bonds is 8. The van der Waals surface area contributed by atoms with Gasteiger partial charge in [-0.15, -0.1) is 11.3 Å². The molecule has 4 fully saturated rings. The third-order valence-corrected chi connectivity index (χ3v) is 11.1. The molecule has 0 spiro atoms. The van der Waals surface area contributed by atoms with Gasteiger partial charge in [-0.2, -0.15) is 0 Å². The van der Waals surface area contributed by atoms with Gasteiger partial charge in [-0.25, -0.2) is 19.0 Å². The maximum Gasteiger partial charge on any atom is 0.338 e. The van der Waals surface area contributed by atoms with E-state index in [1.165, 1.54) is 17.4 Å². The first-order valence-electron chi connectivity index (χ1n) is 15.6. The molecule has 5 atom stereocenters. The Morgan fingerprint density at radius 3 is 2.82 bits per heavy atom. The van der Waals surface area contributed by atoms with Crippen molar-refractivity contribution in [3.63, 3.8) is 0 Å². The summed E-state index contributed by atoms with van der Waals surface area (Å²) in [6.45, 7) is 6.07. The van der Waals surface area contributed by atoms with Crippen LogP contribution < -0.4 is 5.32 Å². The molecule has 45 heavy (non-hydrogen) atoms. The molecule has 2 bridgehead atoms. The Morgan fingerprint density at radius 1 is 1.24 bits per heavy atom.